The third kappa shape index (κ3) is 0.939. The highest BCUT2D eigenvalue weighted by Crippen LogP contribution is 2.27. The van der Waals surface area contributed by atoms with Gasteiger partial charge in [-0.1, -0.05) is 6.92 Å². The number of esters is 1. The lowest BCUT2D eigenvalue weighted by molar-refractivity contribution is -0.140. The van der Waals surface area contributed by atoms with E-state index in [4.69, 9.17) is 4.74 Å². The molecule has 0 aliphatic carbocycles. The normalized spacial score (nSPS) is 25.5. The molecule has 2 nitrogen and oxygen atoms in total. The van der Waals surface area contributed by atoms with Crippen molar-refractivity contribution in [2.24, 2.45) is 5.92 Å². The lowest BCUT2D eigenvalue weighted by Crippen LogP contribution is -2.08. The van der Waals surface area contributed by atoms with Gasteiger partial charge in [0.1, 0.15) is 5.76 Å². The first kappa shape index (κ1) is 7.32. The van der Waals surface area contributed by atoms with E-state index in [1.165, 1.54) is 0 Å². The van der Waals surface area contributed by atoms with Crippen LogP contribution in [0.1, 0.15) is 27.2 Å². The lowest BCUT2D eigenvalue weighted by Gasteiger charge is -2.00. The maximum atomic E-state index is 11.0. The molecule has 0 N–H and O–H groups in total. The molecule has 1 aliphatic heterocycles. The molecule has 56 valence electrons. The average molecular weight is 140 g/mol. The van der Waals surface area contributed by atoms with Crippen molar-refractivity contribution < 1.29 is 9.53 Å². The van der Waals surface area contributed by atoms with Crippen molar-refractivity contribution in [2.75, 3.05) is 0 Å². The highest BCUT2D eigenvalue weighted by atomic mass is 16.5. The van der Waals surface area contributed by atoms with Crippen LogP contribution < -0.4 is 0 Å². The molecule has 0 aromatic heterocycles. The van der Waals surface area contributed by atoms with Gasteiger partial charge in [0, 0.05) is 0 Å². The SMILES string of the molecule is CC[C@H]1C(=O)OC(C)=C1C. The number of carbonyl (C=O) groups excluding carboxylic acids is 1. The molecule has 0 aromatic rings. The predicted octanol–water partition coefficient (Wildman–Crippen LogP) is 1.86. The van der Waals surface area contributed by atoms with Crippen LogP contribution in [0.3, 0.4) is 0 Å². The van der Waals surface area contributed by atoms with Gasteiger partial charge in [0.05, 0.1) is 5.92 Å². The van der Waals surface area contributed by atoms with Gasteiger partial charge in [-0.05, 0) is 25.8 Å². The van der Waals surface area contributed by atoms with Crippen molar-refractivity contribution in [2.45, 2.75) is 27.2 Å². The van der Waals surface area contributed by atoms with Gasteiger partial charge in [0.25, 0.3) is 0 Å². The van der Waals surface area contributed by atoms with Gasteiger partial charge in [0.2, 0.25) is 0 Å². The Morgan fingerprint density at radius 3 is 2.30 bits per heavy atom. The van der Waals surface area contributed by atoms with E-state index in [0.29, 0.717) is 0 Å². The summed E-state index contributed by atoms with van der Waals surface area (Å²) < 4.78 is 4.92. The molecule has 0 bridgehead atoms. The number of allylic oxidation sites excluding steroid dienone is 1. The molecular formula is C8H12O2. The number of hydrogen-bond donors (Lipinski definition) is 0. The molecule has 0 spiro atoms. The van der Waals surface area contributed by atoms with Gasteiger partial charge in [-0.3, -0.25) is 4.79 Å². The van der Waals surface area contributed by atoms with Crippen LogP contribution in [0.2, 0.25) is 0 Å². The van der Waals surface area contributed by atoms with E-state index in [-0.39, 0.29) is 11.9 Å². The van der Waals surface area contributed by atoms with Gasteiger partial charge in [-0.15, -0.1) is 0 Å². The molecule has 1 rings (SSSR count). The standard InChI is InChI=1S/C8H12O2/c1-4-7-5(2)6(3)10-8(7)9/h7H,4H2,1-3H3/t7-/m1/s1. The maximum Gasteiger partial charge on any atom is 0.318 e. The maximum absolute atomic E-state index is 11.0. The third-order valence-corrected chi connectivity index (χ3v) is 2.02. The summed E-state index contributed by atoms with van der Waals surface area (Å²) in [6.45, 7) is 5.78. The zero-order valence-corrected chi connectivity index (χ0v) is 6.60. The first-order valence-electron chi connectivity index (χ1n) is 3.56. The molecule has 0 radical (unpaired) electrons. The Kier molecular flexibility index (Phi) is 1.79. The molecule has 0 amide bonds. The Hall–Kier alpha value is -0.790. The molecule has 1 atom stereocenters. The third-order valence-electron chi connectivity index (χ3n) is 2.02. The highest BCUT2D eigenvalue weighted by Gasteiger charge is 2.28. The molecule has 0 saturated carbocycles. The van der Waals surface area contributed by atoms with E-state index in [0.717, 1.165) is 17.8 Å². The van der Waals surface area contributed by atoms with Crippen molar-refractivity contribution in [1.82, 2.24) is 0 Å². The van der Waals surface area contributed by atoms with Crippen LogP contribution in [-0.4, -0.2) is 5.97 Å². The van der Waals surface area contributed by atoms with Crippen LogP contribution in [0.15, 0.2) is 11.3 Å². The van der Waals surface area contributed by atoms with Gasteiger partial charge in [-0.25, -0.2) is 0 Å². The summed E-state index contributed by atoms with van der Waals surface area (Å²) in [7, 11) is 0. The monoisotopic (exact) mass is 140 g/mol. The highest BCUT2D eigenvalue weighted by molar-refractivity contribution is 5.79. The summed E-state index contributed by atoms with van der Waals surface area (Å²) in [6, 6.07) is 0. The zero-order valence-electron chi connectivity index (χ0n) is 6.60. The van der Waals surface area contributed by atoms with E-state index in [9.17, 15) is 4.79 Å². The minimum Gasteiger partial charge on any atom is -0.431 e. The molecule has 0 aromatic carbocycles. The molecule has 0 saturated heterocycles. The fourth-order valence-corrected chi connectivity index (χ4v) is 1.20. The van der Waals surface area contributed by atoms with Crippen molar-refractivity contribution >= 4 is 5.97 Å². The van der Waals surface area contributed by atoms with E-state index >= 15 is 0 Å². The molecule has 2 heteroatoms. The van der Waals surface area contributed by atoms with Crippen LogP contribution in [0, 0.1) is 5.92 Å². The Morgan fingerprint density at radius 1 is 1.50 bits per heavy atom. The fourth-order valence-electron chi connectivity index (χ4n) is 1.20. The number of rotatable bonds is 1. The summed E-state index contributed by atoms with van der Waals surface area (Å²) in [4.78, 5) is 11.0. The van der Waals surface area contributed by atoms with Crippen LogP contribution in [0.25, 0.3) is 0 Å². The summed E-state index contributed by atoms with van der Waals surface area (Å²) in [5, 5.41) is 0. The Labute approximate surface area is 60.9 Å². The van der Waals surface area contributed by atoms with E-state index < -0.39 is 0 Å². The lowest BCUT2D eigenvalue weighted by atomic mass is 10.00. The number of carbonyl (C=O) groups is 1. The summed E-state index contributed by atoms with van der Waals surface area (Å²) in [5.41, 5.74) is 1.09. The van der Waals surface area contributed by atoms with Gasteiger partial charge < -0.3 is 4.74 Å². The number of hydrogen-bond acceptors (Lipinski definition) is 2. The van der Waals surface area contributed by atoms with E-state index in [1.54, 1.807) is 0 Å². The summed E-state index contributed by atoms with van der Waals surface area (Å²) in [5.74, 6) is 0.731. The van der Waals surface area contributed by atoms with E-state index in [2.05, 4.69) is 0 Å². The van der Waals surface area contributed by atoms with Crippen molar-refractivity contribution in [1.29, 1.82) is 0 Å². The minimum atomic E-state index is -0.0856. The number of cyclic esters (lactones) is 1. The van der Waals surface area contributed by atoms with Crippen LogP contribution in [-0.2, 0) is 9.53 Å². The smallest absolute Gasteiger partial charge is 0.318 e. The Balaban J connectivity index is 2.82. The van der Waals surface area contributed by atoms with Gasteiger partial charge >= 0.3 is 5.97 Å². The fraction of sp³-hybridized carbons (Fsp3) is 0.625. The van der Waals surface area contributed by atoms with E-state index in [1.807, 2.05) is 20.8 Å². The largest absolute Gasteiger partial charge is 0.431 e. The van der Waals surface area contributed by atoms with Crippen molar-refractivity contribution in [3.8, 4) is 0 Å². The molecule has 1 aliphatic rings. The molecule has 1 heterocycles. The van der Waals surface area contributed by atoms with Gasteiger partial charge in [0.15, 0.2) is 0 Å². The van der Waals surface area contributed by atoms with Crippen LogP contribution in [0.4, 0.5) is 0 Å². The first-order chi connectivity index (χ1) is 4.66. The predicted molar refractivity (Wildman–Crippen MR) is 38.2 cm³/mol. The zero-order chi connectivity index (χ0) is 7.72. The second kappa shape index (κ2) is 2.45. The van der Waals surface area contributed by atoms with Crippen molar-refractivity contribution in [3.63, 3.8) is 0 Å². The van der Waals surface area contributed by atoms with Gasteiger partial charge in [-0.2, -0.15) is 0 Å². The molecule has 0 fully saturated rings. The summed E-state index contributed by atoms with van der Waals surface area (Å²) >= 11 is 0. The Morgan fingerprint density at radius 2 is 2.10 bits per heavy atom. The van der Waals surface area contributed by atoms with Crippen LogP contribution >= 0.6 is 0 Å². The van der Waals surface area contributed by atoms with Crippen LogP contribution in [0.5, 0.6) is 0 Å². The molecule has 0 unspecified atom stereocenters. The second-order valence-corrected chi connectivity index (χ2v) is 2.62. The first-order valence-corrected chi connectivity index (χ1v) is 3.56. The average Bonchev–Trinajstić information content (AvgIpc) is 2.09. The second-order valence-electron chi connectivity index (χ2n) is 2.62. The molecule has 10 heavy (non-hydrogen) atoms. The topological polar surface area (TPSA) is 26.3 Å². The minimum absolute atomic E-state index is 0.0278. The summed E-state index contributed by atoms with van der Waals surface area (Å²) in [6.07, 6.45) is 0.849. The number of ether oxygens (including phenoxy) is 1. The van der Waals surface area contributed by atoms with Crippen molar-refractivity contribution in [3.05, 3.63) is 11.3 Å². The molecular weight excluding hydrogens is 128 g/mol. The Bertz CT molecular complexity index is 191. The quantitative estimate of drug-likeness (QED) is 0.520.